The van der Waals surface area contributed by atoms with Crippen LogP contribution in [-0.2, 0) is 0 Å². The van der Waals surface area contributed by atoms with Crippen molar-refractivity contribution in [2.24, 2.45) is 0 Å². The Kier molecular flexibility index (Phi) is 4.98. The maximum Gasteiger partial charge on any atom is 0.0308 e. The quantitative estimate of drug-likeness (QED) is 0.818. The lowest BCUT2D eigenvalue weighted by Gasteiger charge is -2.40. The standard InChI is InChI=1S/C13H26N2S/c1-16-11-10-15-9-5-8-14-13(12-15)6-3-2-4-7-13/h14H,2-12H2,1H3. The average Bonchev–Trinajstić information content (AvgIpc) is 2.50. The van der Waals surface area contributed by atoms with Crippen molar-refractivity contribution >= 4 is 11.8 Å². The largest absolute Gasteiger partial charge is 0.310 e. The molecule has 1 saturated carbocycles. The van der Waals surface area contributed by atoms with Crippen molar-refractivity contribution in [2.45, 2.75) is 44.1 Å². The highest BCUT2D eigenvalue weighted by Crippen LogP contribution is 2.30. The van der Waals surface area contributed by atoms with Gasteiger partial charge >= 0.3 is 0 Å². The first kappa shape index (κ1) is 12.7. The number of thioether (sulfide) groups is 1. The van der Waals surface area contributed by atoms with Crippen LogP contribution in [-0.4, -0.2) is 48.6 Å². The molecule has 0 radical (unpaired) electrons. The van der Waals surface area contributed by atoms with E-state index < -0.39 is 0 Å². The van der Waals surface area contributed by atoms with Gasteiger partial charge in [-0.3, -0.25) is 0 Å². The van der Waals surface area contributed by atoms with Crippen molar-refractivity contribution in [1.29, 1.82) is 0 Å². The van der Waals surface area contributed by atoms with Crippen LogP contribution in [0.2, 0.25) is 0 Å². The molecule has 1 aliphatic carbocycles. The third kappa shape index (κ3) is 3.38. The van der Waals surface area contributed by atoms with Crippen LogP contribution >= 0.6 is 11.8 Å². The van der Waals surface area contributed by atoms with Gasteiger partial charge in [0.05, 0.1) is 0 Å². The zero-order valence-corrected chi connectivity index (χ0v) is 11.5. The first-order valence-corrected chi connectivity index (χ1v) is 8.20. The van der Waals surface area contributed by atoms with Gasteiger partial charge in [0.1, 0.15) is 0 Å². The van der Waals surface area contributed by atoms with Crippen LogP contribution in [0.3, 0.4) is 0 Å². The molecule has 0 atom stereocenters. The second kappa shape index (κ2) is 6.27. The van der Waals surface area contributed by atoms with Crippen LogP contribution in [0, 0.1) is 0 Å². The monoisotopic (exact) mass is 242 g/mol. The van der Waals surface area contributed by atoms with Crippen molar-refractivity contribution < 1.29 is 0 Å². The van der Waals surface area contributed by atoms with E-state index in [4.69, 9.17) is 0 Å². The topological polar surface area (TPSA) is 15.3 Å². The van der Waals surface area contributed by atoms with Crippen molar-refractivity contribution in [2.75, 3.05) is 38.2 Å². The highest BCUT2D eigenvalue weighted by molar-refractivity contribution is 7.98. The molecule has 2 nitrogen and oxygen atoms in total. The third-order valence-corrected chi connectivity index (χ3v) is 4.69. The summed E-state index contributed by atoms with van der Waals surface area (Å²) in [4.78, 5) is 2.70. The van der Waals surface area contributed by atoms with E-state index >= 15 is 0 Å². The Hall–Kier alpha value is 0.270. The lowest BCUT2D eigenvalue weighted by atomic mass is 9.81. The molecular formula is C13H26N2S. The zero-order chi connectivity index (χ0) is 11.3. The highest BCUT2D eigenvalue weighted by Gasteiger charge is 2.34. The van der Waals surface area contributed by atoms with Crippen LogP contribution in [0.5, 0.6) is 0 Å². The molecule has 1 aliphatic heterocycles. The SMILES string of the molecule is CSCCN1CCCNC2(CCCCC2)C1. The maximum absolute atomic E-state index is 3.85. The summed E-state index contributed by atoms with van der Waals surface area (Å²) in [5.41, 5.74) is 0.479. The molecule has 3 heteroatoms. The fraction of sp³-hybridized carbons (Fsp3) is 1.00. The number of rotatable bonds is 3. The van der Waals surface area contributed by atoms with E-state index in [2.05, 4.69) is 16.5 Å². The minimum Gasteiger partial charge on any atom is -0.310 e. The van der Waals surface area contributed by atoms with E-state index in [9.17, 15) is 0 Å². The molecule has 0 unspecified atom stereocenters. The molecule has 16 heavy (non-hydrogen) atoms. The van der Waals surface area contributed by atoms with Crippen molar-refractivity contribution in [3.05, 3.63) is 0 Å². The molecule has 0 amide bonds. The lowest BCUT2D eigenvalue weighted by Crippen LogP contribution is -2.52. The molecule has 1 spiro atoms. The maximum atomic E-state index is 3.85. The fourth-order valence-electron chi connectivity index (χ4n) is 3.19. The van der Waals surface area contributed by atoms with E-state index in [1.165, 1.54) is 70.5 Å². The molecule has 1 saturated heterocycles. The Bertz CT molecular complexity index is 202. The summed E-state index contributed by atoms with van der Waals surface area (Å²) >= 11 is 1.98. The Balaban J connectivity index is 1.91. The van der Waals surface area contributed by atoms with Gasteiger partial charge in [-0.1, -0.05) is 19.3 Å². The summed E-state index contributed by atoms with van der Waals surface area (Å²) in [5.74, 6) is 1.29. The summed E-state index contributed by atoms with van der Waals surface area (Å²) < 4.78 is 0. The molecule has 2 rings (SSSR count). The Labute approximate surface area is 105 Å². The predicted molar refractivity (Wildman–Crippen MR) is 73.3 cm³/mol. The second-order valence-electron chi connectivity index (χ2n) is 5.39. The van der Waals surface area contributed by atoms with Gasteiger partial charge in [-0.25, -0.2) is 0 Å². The Morgan fingerprint density at radius 1 is 1.19 bits per heavy atom. The van der Waals surface area contributed by atoms with Crippen molar-refractivity contribution in [1.82, 2.24) is 10.2 Å². The van der Waals surface area contributed by atoms with E-state index in [1.54, 1.807) is 0 Å². The Morgan fingerprint density at radius 3 is 2.75 bits per heavy atom. The van der Waals surface area contributed by atoms with Gasteiger partial charge in [-0.05, 0) is 38.6 Å². The van der Waals surface area contributed by atoms with Gasteiger partial charge in [0, 0.05) is 24.4 Å². The number of hydrogen-bond acceptors (Lipinski definition) is 3. The minimum atomic E-state index is 0.479. The number of nitrogens with one attached hydrogen (secondary N) is 1. The van der Waals surface area contributed by atoms with Crippen molar-refractivity contribution in [3.8, 4) is 0 Å². The smallest absolute Gasteiger partial charge is 0.0308 e. The average molecular weight is 242 g/mol. The molecule has 0 aromatic heterocycles. The number of hydrogen-bond donors (Lipinski definition) is 1. The van der Waals surface area contributed by atoms with Gasteiger partial charge in [0.2, 0.25) is 0 Å². The van der Waals surface area contributed by atoms with Crippen LogP contribution < -0.4 is 5.32 Å². The molecule has 0 bridgehead atoms. The summed E-state index contributed by atoms with van der Waals surface area (Å²) in [7, 11) is 0. The summed E-state index contributed by atoms with van der Waals surface area (Å²) in [5, 5.41) is 3.85. The van der Waals surface area contributed by atoms with Crippen molar-refractivity contribution in [3.63, 3.8) is 0 Å². The molecule has 94 valence electrons. The molecule has 0 aromatic rings. The van der Waals surface area contributed by atoms with E-state index in [0.717, 1.165) is 0 Å². The van der Waals surface area contributed by atoms with Crippen LogP contribution in [0.25, 0.3) is 0 Å². The van der Waals surface area contributed by atoms with Gasteiger partial charge in [0.15, 0.2) is 0 Å². The molecule has 1 heterocycles. The van der Waals surface area contributed by atoms with E-state index in [1.807, 2.05) is 11.8 Å². The van der Waals surface area contributed by atoms with Gasteiger partial charge < -0.3 is 10.2 Å². The molecule has 0 aromatic carbocycles. The molecule has 2 aliphatic rings. The highest BCUT2D eigenvalue weighted by atomic mass is 32.2. The fourth-order valence-corrected chi connectivity index (χ4v) is 3.63. The zero-order valence-electron chi connectivity index (χ0n) is 10.6. The summed E-state index contributed by atoms with van der Waals surface area (Å²) in [6, 6.07) is 0. The second-order valence-corrected chi connectivity index (χ2v) is 6.38. The summed E-state index contributed by atoms with van der Waals surface area (Å²) in [6.07, 6.45) is 10.7. The molecule has 1 N–H and O–H groups in total. The third-order valence-electron chi connectivity index (χ3n) is 4.10. The van der Waals surface area contributed by atoms with E-state index in [-0.39, 0.29) is 0 Å². The van der Waals surface area contributed by atoms with Gasteiger partial charge in [-0.15, -0.1) is 0 Å². The summed E-state index contributed by atoms with van der Waals surface area (Å²) in [6.45, 7) is 5.11. The predicted octanol–water partition coefficient (Wildman–Crippen LogP) is 2.35. The Morgan fingerprint density at radius 2 is 2.00 bits per heavy atom. The van der Waals surface area contributed by atoms with Gasteiger partial charge in [-0.2, -0.15) is 11.8 Å². The van der Waals surface area contributed by atoms with Gasteiger partial charge in [0.25, 0.3) is 0 Å². The van der Waals surface area contributed by atoms with Crippen LogP contribution in [0.1, 0.15) is 38.5 Å². The normalized spacial score (nSPS) is 26.8. The first-order valence-electron chi connectivity index (χ1n) is 6.81. The lowest BCUT2D eigenvalue weighted by molar-refractivity contribution is 0.170. The van der Waals surface area contributed by atoms with Crippen LogP contribution in [0.15, 0.2) is 0 Å². The first-order chi connectivity index (χ1) is 7.85. The van der Waals surface area contributed by atoms with Crippen LogP contribution in [0.4, 0.5) is 0 Å². The number of nitrogens with zero attached hydrogens (tertiary/aromatic N) is 1. The molecule has 2 fully saturated rings. The minimum absolute atomic E-state index is 0.479. The van der Waals surface area contributed by atoms with E-state index in [0.29, 0.717) is 5.54 Å². The molecular weight excluding hydrogens is 216 g/mol.